The number of rotatable bonds is 7. The highest BCUT2D eigenvalue weighted by molar-refractivity contribution is 5.74. The molecule has 3 aromatic rings. The summed E-state index contributed by atoms with van der Waals surface area (Å²) in [5.41, 5.74) is 9.88. The quantitative estimate of drug-likeness (QED) is 0.426. The van der Waals surface area contributed by atoms with Crippen LogP contribution < -0.4 is 20.4 Å². The molecule has 0 spiro atoms. The molecule has 212 valence electrons. The first-order valence-corrected chi connectivity index (χ1v) is 13.6. The maximum Gasteiger partial charge on any atom is 0.184 e. The summed E-state index contributed by atoms with van der Waals surface area (Å²) in [5, 5.41) is 18.8. The van der Waals surface area contributed by atoms with E-state index in [-0.39, 0.29) is 29.8 Å². The van der Waals surface area contributed by atoms with E-state index in [9.17, 15) is 5.11 Å². The molecular formula is C29H35FN6O4. The van der Waals surface area contributed by atoms with E-state index >= 15 is 4.39 Å². The van der Waals surface area contributed by atoms with Crippen molar-refractivity contribution in [1.29, 1.82) is 0 Å². The molecule has 3 N–H and O–H groups in total. The molecule has 11 heteroatoms. The number of fused-ring (bicyclic) bond motifs is 2. The smallest absolute Gasteiger partial charge is 0.184 e. The van der Waals surface area contributed by atoms with Crippen LogP contribution >= 0.6 is 0 Å². The van der Waals surface area contributed by atoms with Crippen molar-refractivity contribution in [2.75, 3.05) is 67.4 Å². The largest absolute Gasteiger partial charge is 0.507 e. The molecule has 0 radical (unpaired) electrons. The predicted molar refractivity (Wildman–Crippen MR) is 151 cm³/mol. The number of nitrogens with zero attached hydrogens (tertiary/aromatic N) is 5. The standard InChI is InChI=1S/C29H35FN6O4/c1-38-29(39-2)27-17-34(11-12-40-27)24-13-18(9-10-22(24)30)36-19-7-8-20(36)16-35(15-19)25-14-23(32-33-28(25)31)21-5-3-4-6-26(21)37/h3-6,9-10,13-14,19-20,27,29,37H,7-8,11-12,15-17H2,1-2H3,(H2,31,33)/t19?,20?,27-/m0/s1. The predicted octanol–water partition coefficient (Wildman–Crippen LogP) is 3.25. The summed E-state index contributed by atoms with van der Waals surface area (Å²) in [6, 6.07) is 14.9. The summed E-state index contributed by atoms with van der Waals surface area (Å²) < 4.78 is 31.8. The van der Waals surface area contributed by atoms with E-state index in [1.807, 2.05) is 35.2 Å². The lowest BCUT2D eigenvalue weighted by Crippen LogP contribution is -2.54. The molecule has 4 heterocycles. The number of nitrogen functional groups attached to an aromatic ring is 1. The molecule has 10 nitrogen and oxygen atoms in total. The molecule has 3 fully saturated rings. The average molecular weight is 551 g/mol. The molecule has 3 saturated heterocycles. The van der Waals surface area contributed by atoms with Gasteiger partial charge in [0.25, 0.3) is 0 Å². The molecule has 6 rings (SSSR count). The molecule has 3 atom stereocenters. The second-order valence-electron chi connectivity index (χ2n) is 10.5. The van der Waals surface area contributed by atoms with Gasteiger partial charge in [-0.2, -0.15) is 0 Å². The van der Waals surface area contributed by atoms with Crippen LogP contribution in [0.5, 0.6) is 5.75 Å². The number of halogens is 1. The minimum Gasteiger partial charge on any atom is -0.507 e. The van der Waals surface area contributed by atoms with E-state index in [2.05, 4.69) is 20.0 Å². The highest BCUT2D eigenvalue weighted by Gasteiger charge is 2.41. The van der Waals surface area contributed by atoms with Crippen LogP contribution in [0.25, 0.3) is 11.3 Å². The van der Waals surface area contributed by atoms with Gasteiger partial charge in [0.05, 0.1) is 23.7 Å². The summed E-state index contributed by atoms with van der Waals surface area (Å²) in [5.74, 6) is 0.258. The van der Waals surface area contributed by atoms with Crippen molar-refractivity contribution in [3.8, 4) is 17.0 Å². The lowest BCUT2D eigenvalue weighted by atomic mass is 10.1. The van der Waals surface area contributed by atoms with Gasteiger partial charge in [0.15, 0.2) is 12.1 Å². The molecule has 1 aromatic heterocycles. The van der Waals surface area contributed by atoms with Gasteiger partial charge in [-0.25, -0.2) is 4.39 Å². The van der Waals surface area contributed by atoms with Crippen LogP contribution in [0.3, 0.4) is 0 Å². The number of hydrogen-bond acceptors (Lipinski definition) is 10. The molecule has 2 unspecified atom stereocenters. The van der Waals surface area contributed by atoms with E-state index in [0.29, 0.717) is 42.5 Å². The van der Waals surface area contributed by atoms with Crippen LogP contribution in [-0.4, -0.2) is 86.8 Å². The third-order valence-electron chi connectivity index (χ3n) is 8.23. The first-order chi connectivity index (χ1) is 19.5. The number of methoxy groups -OCH3 is 2. The molecule has 3 aliphatic rings. The number of morpholine rings is 1. The zero-order valence-electron chi connectivity index (χ0n) is 22.7. The van der Waals surface area contributed by atoms with E-state index < -0.39 is 6.29 Å². The zero-order valence-corrected chi connectivity index (χ0v) is 22.7. The van der Waals surface area contributed by atoms with Gasteiger partial charge in [0, 0.05) is 63.7 Å². The Labute approximate surface area is 233 Å². The number of anilines is 4. The maximum absolute atomic E-state index is 15.1. The second-order valence-corrected chi connectivity index (χ2v) is 10.5. The Kier molecular flexibility index (Phi) is 7.35. The number of aromatic nitrogens is 2. The van der Waals surface area contributed by atoms with Gasteiger partial charge in [-0.3, -0.25) is 0 Å². The van der Waals surface area contributed by atoms with Crippen LogP contribution in [0.4, 0.5) is 27.3 Å². The van der Waals surface area contributed by atoms with Gasteiger partial charge in [-0.15, -0.1) is 10.2 Å². The van der Waals surface area contributed by atoms with Crippen molar-refractivity contribution in [3.63, 3.8) is 0 Å². The van der Waals surface area contributed by atoms with E-state index in [0.717, 1.165) is 37.3 Å². The number of phenolic OH excluding ortho intramolecular Hbond substituents is 1. The number of phenols is 1. The first-order valence-electron chi connectivity index (χ1n) is 13.6. The van der Waals surface area contributed by atoms with Crippen molar-refractivity contribution in [2.24, 2.45) is 0 Å². The summed E-state index contributed by atoms with van der Waals surface area (Å²) in [6.45, 7) is 3.03. The molecule has 40 heavy (non-hydrogen) atoms. The Morgan fingerprint density at radius 1 is 0.975 bits per heavy atom. The van der Waals surface area contributed by atoms with Crippen molar-refractivity contribution in [1.82, 2.24) is 10.2 Å². The molecular weight excluding hydrogens is 515 g/mol. The average Bonchev–Trinajstić information content (AvgIpc) is 3.23. The molecule has 0 aliphatic carbocycles. The Balaban J connectivity index is 1.23. The molecule has 2 aromatic carbocycles. The number of piperazine rings is 1. The van der Waals surface area contributed by atoms with Crippen molar-refractivity contribution >= 4 is 22.9 Å². The lowest BCUT2D eigenvalue weighted by Gasteiger charge is -2.44. The number of nitrogens with two attached hydrogens (primary N) is 1. The minimum absolute atomic E-state index is 0.149. The lowest BCUT2D eigenvalue weighted by molar-refractivity contribution is -0.182. The van der Waals surface area contributed by atoms with Gasteiger partial charge in [-0.05, 0) is 49.2 Å². The fraction of sp³-hybridized carbons (Fsp3) is 0.448. The Morgan fingerprint density at radius 2 is 1.73 bits per heavy atom. The van der Waals surface area contributed by atoms with Gasteiger partial charge < -0.3 is 39.8 Å². The Bertz CT molecular complexity index is 1340. The Morgan fingerprint density at radius 3 is 2.45 bits per heavy atom. The fourth-order valence-electron chi connectivity index (χ4n) is 6.35. The zero-order chi connectivity index (χ0) is 27.8. The number of hydrogen-bond donors (Lipinski definition) is 2. The number of aromatic hydroxyl groups is 1. The topological polar surface area (TPSA) is 109 Å². The van der Waals surface area contributed by atoms with Gasteiger partial charge in [0.1, 0.15) is 17.7 Å². The normalized spacial score (nSPS) is 22.8. The summed E-state index contributed by atoms with van der Waals surface area (Å²) >= 11 is 0. The number of benzene rings is 2. The summed E-state index contributed by atoms with van der Waals surface area (Å²) in [7, 11) is 3.16. The highest BCUT2D eigenvalue weighted by Crippen LogP contribution is 2.40. The maximum atomic E-state index is 15.1. The SMILES string of the molecule is COC(OC)[C@@H]1CN(c2cc(N3C4CCC3CN(c3cc(-c5ccccc5O)nnc3N)C4)ccc2F)CCO1. The highest BCUT2D eigenvalue weighted by atomic mass is 19.1. The number of ether oxygens (including phenoxy) is 3. The van der Waals surface area contributed by atoms with Crippen LogP contribution in [-0.2, 0) is 14.2 Å². The first kappa shape index (κ1) is 26.5. The van der Waals surface area contributed by atoms with E-state index in [4.69, 9.17) is 19.9 Å². The van der Waals surface area contributed by atoms with Crippen LogP contribution in [0.2, 0.25) is 0 Å². The molecule has 2 bridgehead atoms. The van der Waals surface area contributed by atoms with E-state index in [1.54, 1.807) is 32.4 Å². The van der Waals surface area contributed by atoms with Crippen LogP contribution in [0.15, 0.2) is 48.5 Å². The fourth-order valence-corrected chi connectivity index (χ4v) is 6.35. The van der Waals surface area contributed by atoms with Crippen LogP contribution in [0.1, 0.15) is 12.8 Å². The second kappa shape index (κ2) is 11.1. The monoisotopic (exact) mass is 550 g/mol. The minimum atomic E-state index is -0.514. The molecule has 0 amide bonds. The number of para-hydroxylation sites is 1. The van der Waals surface area contributed by atoms with E-state index in [1.165, 1.54) is 0 Å². The third kappa shape index (κ3) is 4.89. The van der Waals surface area contributed by atoms with Crippen molar-refractivity contribution in [3.05, 3.63) is 54.3 Å². The van der Waals surface area contributed by atoms with Crippen molar-refractivity contribution in [2.45, 2.75) is 37.3 Å². The third-order valence-corrected chi connectivity index (χ3v) is 8.23. The van der Waals surface area contributed by atoms with Gasteiger partial charge in [-0.1, -0.05) is 12.1 Å². The Hall–Kier alpha value is -3.67. The van der Waals surface area contributed by atoms with Gasteiger partial charge in [0.2, 0.25) is 0 Å². The summed E-state index contributed by atoms with van der Waals surface area (Å²) in [6.07, 6.45) is 1.23. The van der Waals surface area contributed by atoms with Crippen LogP contribution in [0, 0.1) is 5.82 Å². The molecule has 3 aliphatic heterocycles. The van der Waals surface area contributed by atoms with Crippen molar-refractivity contribution < 1.29 is 23.7 Å². The van der Waals surface area contributed by atoms with Gasteiger partial charge >= 0.3 is 0 Å². The molecule has 0 saturated carbocycles. The summed E-state index contributed by atoms with van der Waals surface area (Å²) in [4.78, 5) is 6.71.